The molecule has 1 atom stereocenters. The van der Waals surface area contributed by atoms with Crippen LogP contribution in [0.25, 0.3) is 11.3 Å². The SMILES string of the molecule is C[C@H](NCc1ccc(-c2ccccc2F)o1)c1ccccc1. The van der Waals surface area contributed by atoms with Gasteiger partial charge in [0.25, 0.3) is 0 Å². The van der Waals surface area contributed by atoms with Crippen molar-refractivity contribution in [3.05, 3.63) is 83.9 Å². The highest BCUT2D eigenvalue weighted by atomic mass is 19.1. The highest BCUT2D eigenvalue weighted by molar-refractivity contribution is 5.58. The van der Waals surface area contributed by atoms with Gasteiger partial charge in [-0.2, -0.15) is 0 Å². The quantitative estimate of drug-likeness (QED) is 0.721. The van der Waals surface area contributed by atoms with Crippen LogP contribution in [0.1, 0.15) is 24.3 Å². The van der Waals surface area contributed by atoms with Gasteiger partial charge in [0.15, 0.2) is 0 Å². The monoisotopic (exact) mass is 295 g/mol. The van der Waals surface area contributed by atoms with E-state index in [-0.39, 0.29) is 11.9 Å². The summed E-state index contributed by atoms with van der Waals surface area (Å²) in [4.78, 5) is 0. The molecule has 2 aromatic carbocycles. The maximum absolute atomic E-state index is 13.7. The second kappa shape index (κ2) is 6.58. The molecule has 0 unspecified atom stereocenters. The fourth-order valence-corrected chi connectivity index (χ4v) is 2.39. The molecule has 22 heavy (non-hydrogen) atoms. The number of benzene rings is 2. The van der Waals surface area contributed by atoms with Gasteiger partial charge < -0.3 is 9.73 Å². The Hall–Kier alpha value is -2.39. The Labute approximate surface area is 129 Å². The predicted octanol–water partition coefficient (Wildman–Crippen LogP) is 4.94. The summed E-state index contributed by atoms with van der Waals surface area (Å²) in [6.07, 6.45) is 0. The number of halogens is 1. The van der Waals surface area contributed by atoms with Crippen LogP contribution in [-0.2, 0) is 6.54 Å². The standard InChI is InChI=1S/C19H18FNO/c1-14(15-7-3-2-4-8-15)21-13-16-11-12-19(22-16)17-9-5-6-10-18(17)20/h2-12,14,21H,13H2,1H3/t14-/m0/s1. The zero-order valence-corrected chi connectivity index (χ0v) is 12.4. The van der Waals surface area contributed by atoms with Gasteiger partial charge in [0.05, 0.1) is 12.1 Å². The zero-order valence-electron chi connectivity index (χ0n) is 12.4. The maximum atomic E-state index is 13.7. The average molecular weight is 295 g/mol. The molecule has 112 valence electrons. The number of hydrogen-bond acceptors (Lipinski definition) is 2. The minimum absolute atomic E-state index is 0.225. The Balaban J connectivity index is 1.67. The van der Waals surface area contributed by atoms with E-state index in [0.29, 0.717) is 17.9 Å². The Kier molecular flexibility index (Phi) is 4.35. The molecule has 0 saturated heterocycles. The largest absolute Gasteiger partial charge is 0.460 e. The van der Waals surface area contributed by atoms with E-state index in [4.69, 9.17) is 4.42 Å². The minimum Gasteiger partial charge on any atom is -0.460 e. The van der Waals surface area contributed by atoms with Gasteiger partial charge in [-0.15, -0.1) is 0 Å². The van der Waals surface area contributed by atoms with Crippen molar-refractivity contribution >= 4 is 0 Å². The molecule has 3 heteroatoms. The molecule has 0 aliphatic heterocycles. The van der Waals surface area contributed by atoms with Crippen LogP contribution in [0, 0.1) is 5.82 Å². The van der Waals surface area contributed by atoms with Gasteiger partial charge in [-0.3, -0.25) is 0 Å². The molecule has 2 nitrogen and oxygen atoms in total. The number of hydrogen-bond donors (Lipinski definition) is 1. The van der Waals surface area contributed by atoms with Crippen LogP contribution in [0.3, 0.4) is 0 Å². The van der Waals surface area contributed by atoms with Crippen LogP contribution in [0.2, 0.25) is 0 Å². The molecule has 0 aliphatic rings. The first-order chi connectivity index (χ1) is 10.7. The maximum Gasteiger partial charge on any atom is 0.137 e. The van der Waals surface area contributed by atoms with Gasteiger partial charge in [0, 0.05) is 6.04 Å². The predicted molar refractivity (Wildman–Crippen MR) is 85.8 cm³/mol. The molecule has 3 aromatic rings. The first-order valence-corrected chi connectivity index (χ1v) is 7.36. The number of furan rings is 1. The van der Waals surface area contributed by atoms with E-state index in [1.54, 1.807) is 18.2 Å². The summed E-state index contributed by atoms with van der Waals surface area (Å²) in [5.74, 6) is 1.08. The van der Waals surface area contributed by atoms with Crippen molar-refractivity contribution in [2.24, 2.45) is 0 Å². The third-order valence-electron chi connectivity index (χ3n) is 3.68. The van der Waals surface area contributed by atoms with Gasteiger partial charge in [-0.05, 0) is 36.8 Å². The van der Waals surface area contributed by atoms with E-state index in [1.807, 2.05) is 30.3 Å². The van der Waals surface area contributed by atoms with Crippen LogP contribution in [0.4, 0.5) is 4.39 Å². The lowest BCUT2D eigenvalue weighted by molar-refractivity contribution is 0.466. The molecule has 0 spiro atoms. The Morgan fingerprint density at radius 3 is 2.45 bits per heavy atom. The highest BCUT2D eigenvalue weighted by Crippen LogP contribution is 2.25. The fraction of sp³-hybridized carbons (Fsp3) is 0.158. The van der Waals surface area contributed by atoms with Gasteiger partial charge >= 0.3 is 0 Å². The summed E-state index contributed by atoms with van der Waals surface area (Å²) in [5, 5.41) is 3.41. The third-order valence-corrected chi connectivity index (χ3v) is 3.68. The molecule has 0 saturated carbocycles. The lowest BCUT2D eigenvalue weighted by atomic mass is 10.1. The van der Waals surface area contributed by atoms with Crippen LogP contribution in [0.15, 0.2) is 71.1 Å². The van der Waals surface area contributed by atoms with Crippen molar-refractivity contribution in [3.63, 3.8) is 0 Å². The molecule has 0 radical (unpaired) electrons. The second-order valence-electron chi connectivity index (χ2n) is 5.26. The summed E-state index contributed by atoms with van der Waals surface area (Å²) in [7, 11) is 0. The first-order valence-electron chi connectivity index (χ1n) is 7.36. The molecule has 0 amide bonds. The summed E-state index contributed by atoms with van der Waals surface area (Å²) in [5.41, 5.74) is 1.72. The summed E-state index contributed by atoms with van der Waals surface area (Å²) in [6, 6.07) is 20.8. The smallest absolute Gasteiger partial charge is 0.137 e. The van der Waals surface area contributed by atoms with Crippen molar-refractivity contribution in [1.82, 2.24) is 5.32 Å². The van der Waals surface area contributed by atoms with Crippen molar-refractivity contribution in [3.8, 4) is 11.3 Å². The average Bonchev–Trinajstić information content (AvgIpc) is 3.02. The van der Waals surface area contributed by atoms with E-state index < -0.39 is 0 Å². The van der Waals surface area contributed by atoms with E-state index in [1.165, 1.54) is 11.6 Å². The topological polar surface area (TPSA) is 25.2 Å². The van der Waals surface area contributed by atoms with Crippen LogP contribution in [-0.4, -0.2) is 0 Å². The zero-order chi connectivity index (χ0) is 15.4. The van der Waals surface area contributed by atoms with Crippen molar-refractivity contribution in [2.75, 3.05) is 0 Å². The van der Waals surface area contributed by atoms with Crippen molar-refractivity contribution < 1.29 is 8.81 Å². The molecule has 0 aliphatic carbocycles. The Morgan fingerprint density at radius 2 is 1.68 bits per heavy atom. The van der Waals surface area contributed by atoms with Crippen molar-refractivity contribution in [1.29, 1.82) is 0 Å². The summed E-state index contributed by atoms with van der Waals surface area (Å²) < 4.78 is 19.5. The molecule has 1 aromatic heterocycles. The number of nitrogens with one attached hydrogen (secondary N) is 1. The van der Waals surface area contributed by atoms with E-state index >= 15 is 0 Å². The van der Waals surface area contributed by atoms with Gasteiger partial charge in [0.1, 0.15) is 17.3 Å². The van der Waals surface area contributed by atoms with E-state index in [9.17, 15) is 4.39 Å². The number of rotatable bonds is 5. The van der Waals surface area contributed by atoms with Gasteiger partial charge in [-0.1, -0.05) is 42.5 Å². The van der Waals surface area contributed by atoms with Crippen LogP contribution in [0.5, 0.6) is 0 Å². The van der Waals surface area contributed by atoms with Crippen LogP contribution < -0.4 is 5.32 Å². The molecule has 0 bridgehead atoms. The lowest BCUT2D eigenvalue weighted by Crippen LogP contribution is -2.17. The normalized spacial score (nSPS) is 12.3. The third kappa shape index (κ3) is 3.26. The molecular weight excluding hydrogens is 277 g/mol. The lowest BCUT2D eigenvalue weighted by Gasteiger charge is -2.12. The van der Waals surface area contributed by atoms with Gasteiger partial charge in [0.2, 0.25) is 0 Å². The summed E-state index contributed by atoms with van der Waals surface area (Å²) >= 11 is 0. The molecule has 0 fully saturated rings. The van der Waals surface area contributed by atoms with Crippen molar-refractivity contribution in [2.45, 2.75) is 19.5 Å². The fourth-order valence-electron chi connectivity index (χ4n) is 2.39. The Bertz CT molecular complexity index is 736. The first kappa shape index (κ1) is 14.5. The highest BCUT2D eigenvalue weighted by Gasteiger charge is 2.10. The van der Waals surface area contributed by atoms with Gasteiger partial charge in [-0.25, -0.2) is 4.39 Å². The van der Waals surface area contributed by atoms with Crippen LogP contribution >= 0.6 is 0 Å². The van der Waals surface area contributed by atoms with E-state index in [0.717, 1.165) is 5.76 Å². The molecular formula is C19H18FNO. The summed E-state index contributed by atoms with van der Waals surface area (Å²) in [6.45, 7) is 2.71. The molecule has 1 N–H and O–H groups in total. The second-order valence-corrected chi connectivity index (χ2v) is 5.26. The molecule has 3 rings (SSSR count). The minimum atomic E-state index is -0.269. The molecule has 1 heterocycles. The Morgan fingerprint density at radius 1 is 0.955 bits per heavy atom. The van der Waals surface area contributed by atoms with E-state index in [2.05, 4.69) is 24.4 Å².